The highest BCUT2D eigenvalue weighted by atomic mass is 32.1. The third-order valence-electron chi connectivity index (χ3n) is 2.93. The molecule has 3 rings (SSSR count). The molecule has 2 aromatic carbocycles. The molecule has 19 heavy (non-hydrogen) atoms. The topological polar surface area (TPSA) is 37.3 Å². The molecule has 0 saturated carbocycles. The largest absolute Gasteiger partial charge is 0.477 e. The van der Waals surface area contributed by atoms with E-state index in [1.807, 2.05) is 18.2 Å². The van der Waals surface area contributed by atoms with Crippen molar-refractivity contribution in [2.45, 2.75) is 0 Å². The van der Waals surface area contributed by atoms with E-state index in [2.05, 4.69) is 0 Å². The third-order valence-corrected chi connectivity index (χ3v) is 4.02. The molecule has 1 aromatic heterocycles. The van der Waals surface area contributed by atoms with Crippen LogP contribution in [0.25, 0.3) is 21.2 Å². The van der Waals surface area contributed by atoms with Crippen molar-refractivity contribution in [2.75, 3.05) is 0 Å². The van der Waals surface area contributed by atoms with E-state index >= 15 is 0 Å². The molecule has 0 aliphatic heterocycles. The van der Waals surface area contributed by atoms with Crippen molar-refractivity contribution in [3.05, 3.63) is 59.2 Å². The molecule has 3 aromatic rings. The number of thiophene rings is 1. The van der Waals surface area contributed by atoms with Crippen LogP contribution in [0.4, 0.5) is 4.39 Å². The smallest absolute Gasteiger partial charge is 0.345 e. The summed E-state index contributed by atoms with van der Waals surface area (Å²) >= 11 is 1.24. The van der Waals surface area contributed by atoms with E-state index < -0.39 is 5.97 Å². The number of benzene rings is 2. The van der Waals surface area contributed by atoms with E-state index in [1.54, 1.807) is 18.2 Å². The fourth-order valence-corrected chi connectivity index (χ4v) is 2.97. The minimum Gasteiger partial charge on any atom is -0.477 e. The van der Waals surface area contributed by atoms with Crippen molar-refractivity contribution in [3.8, 4) is 11.1 Å². The van der Waals surface area contributed by atoms with E-state index in [9.17, 15) is 9.18 Å². The highest BCUT2D eigenvalue weighted by Crippen LogP contribution is 2.34. The summed E-state index contributed by atoms with van der Waals surface area (Å²) in [4.78, 5) is 11.3. The van der Waals surface area contributed by atoms with Gasteiger partial charge in [-0.2, -0.15) is 0 Å². The van der Waals surface area contributed by atoms with E-state index in [-0.39, 0.29) is 5.82 Å². The number of hydrogen-bond donors (Lipinski definition) is 1. The van der Waals surface area contributed by atoms with Gasteiger partial charge in [0.2, 0.25) is 0 Å². The van der Waals surface area contributed by atoms with Gasteiger partial charge < -0.3 is 5.11 Å². The monoisotopic (exact) mass is 272 g/mol. The number of carboxylic acids is 1. The van der Waals surface area contributed by atoms with Gasteiger partial charge in [0, 0.05) is 10.1 Å². The van der Waals surface area contributed by atoms with Crippen LogP contribution < -0.4 is 0 Å². The summed E-state index contributed by atoms with van der Waals surface area (Å²) in [6.07, 6.45) is 0. The number of carbonyl (C=O) groups is 1. The van der Waals surface area contributed by atoms with Gasteiger partial charge in [0.25, 0.3) is 0 Å². The number of aromatic carboxylic acids is 1. The Kier molecular flexibility index (Phi) is 2.80. The minimum absolute atomic E-state index is 0.285. The summed E-state index contributed by atoms with van der Waals surface area (Å²) in [5.41, 5.74) is 1.79. The molecule has 1 heterocycles. The molecule has 0 radical (unpaired) electrons. The zero-order chi connectivity index (χ0) is 13.4. The number of rotatable bonds is 2. The Balaban J connectivity index is 2.23. The van der Waals surface area contributed by atoms with E-state index in [1.165, 1.54) is 23.5 Å². The summed E-state index contributed by atoms with van der Waals surface area (Å²) in [5.74, 6) is -1.21. The summed E-state index contributed by atoms with van der Waals surface area (Å²) in [7, 11) is 0. The van der Waals surface area contributed by atoms with Gasteiger partial charge in [0.15, 0.2) is 0 Å². The fourth-order valence-electron chi connectivity index (χ4n) is 2.05. The van der Waals surface area contributed by atoms with Crippen molar-refractivity contribution < 1.29 is 14.3 Å². The van der Waals surface area contributed by atoms with Crippen LogP contribution in [-0.4, -0.2) is 11.1 Å². The molecule has 0 spiro atoms. The lowest BCUT2D eigenvalue weighted by molar-refractivity contribution is 0.0702. The number of hydrogen-bond acceptors (Lipinski definition) is 2. The lowest BCUT2D eigenvalue weighted by Crippen LogP contribution is -1.89. The number of halogens is 1. The van der Waals surface area contributed by atoms with Gasteiger partial charge in [0.1, 0.15) is 10.7 Å². The highest BCUT2D eigenvalue weighted by molar-refractivity contribution is 7.20. The van der Waals surface area contributed by atoms with Crippen molar-refractivity contribution in [3.63, 3.8) is 0 Å². The van der Waals surface area contributed by atoms with Crippen molar-refractivity contribution >= 4 is 27.4 Å². The van der Waals surface area contributed by atoms with Crippen LogP contribution in [0.2, 0.25) is 0 Å². The Morgan fingerprint density at radius 1 is 1.11 bits per heavy atom. The Morgan fingerprint density at radius 3 is 2.53 bits per heavy atom. The molecule has 94 valence electrons. The molecule has 0 atom stereocenters. The summed E-state index contributed by atoms with van der Waals surface area (Å²) < 4.78 is 13.9. The third kappa shape index (κ3) is 2.11. The zero-order valence-corrected chi connectivity index (χ0v) is 10.6. The van der Waals surface area contributed by atoms with Crippen LogP contribution in [-0.2, 0) is 0 Å². The first kappa shape index (κ1) is 11.9. The molecule has 4 heteroatoms. The maximum Gasteiger partial charge on any atom is 0.345 e. The first-order chi connectivity index (χ1) is 9.15. The maximum atomic E-state index is 13.0. The van der Waals surface area contributed by atoms with Gasteiger partial charge in [-0.15, -0.1) is 11.3 Å². The van der Waals surface area contributed by atoms with E-state index in [0.29, 0.717) is 4.88 Å². The average molecular weight is 272 g/mol. The predicted octanol–water partition coefficient (Wildman–Crippen LogP) is 4.41. The van der Waals surface area contributed by atoms with Gasteiger partial charge in [-0.3, -0.25) is 0 Å². The standard InChI is InChI=1S/C15H9FO2S/c16-10-6-4-9(5-7-10)11-2-1-3-13-12(11)8-14(19-13)15(17)18/h1-8H,(H,17,18). The quantitative estimate of drug-likeness (QED) is 0.750. The summed E-state index contributed by atoms with van der Waals surface area (Å²) in [6.45, 7) is 0. The van der Waals surface area contributed by atoms with Gasteiger partial charge >= 0.3 is 5.97 Å². The molecule has 1 N–H and O–H groups in total. The van der Waals surface area contributed by atoms with Gasteiger partial charge in [-0.1, -0.05) is 24.3 Å². The minimum atomic E-state index is -0.925. The second kappa shape index (κ2) is 4.48. The maximum absolute atomic E-state index is 13.0. The van der Waals surface area contributed by atoms with Crippen LogP contribution >= 0.6 is 11.3 Å². The molecule has 0 aliphatic rings. The predicted molar refractivity (Wildman–Crippen MR) is 74.2 cm³/mol. The molecule has 0 unspecified atom stereocenters. The van der Waals surface area contributed by atoms with E-state index in [4.69, 9.17) is 5.11 Å². The summed E-state index contributed by atoms with van der Waals surface area (Å²) in [6, 6.07) is 13.5. The van der Waals surface area contributed by atoms with Crippen molar-refractivity contribution in [1.82, 2.24) is 0 Å². The molecule has 0 saturated heterocycles. The molecule has 0 bridgehead atoms. The second-order valence-electron chi connectivity index (χ2n) is 4.14. The van der Waals surface area contributed by atoms with Crippen LogP contribution in [0, 0.1) is 5.82 Å². The Bertz CT molecular complexity index is 759. The van der Waals surface area contributed by atoms with Crippen LogP contribution in [0.15, 0.2) is 48.5 Å². The molecule has 0 fully saturated rings. The number of carboxylic acid groups (broad SMARTS) is 1. The number of fused-ring (bicyclic) bond motifs is 1. The SMILES string of the molecule is O=C(O)c1cc2c(-c3ccc(F)cc3)cccc2s1. The molecule has 0 aliphatic carbocycles. The van der Waals surface area contributed by atoms with Crippen molar-refractivity contribution in [2.24, 2.45) is 0 Å². The van der Waals surface area contributed by atoms with Crippen LogP contribution in [0.5, 0.6) is 0 Å². The van der Waals surface area contributed by atoms with Gasteiger partial charge in [-0.25, -0.2) is 9.18 Å². The normalized spacial score (nSPS) is 10.8. The van der Waals surface area contributed by atoms with Crippen LogP contribution in [0.3, 0.4) is 0 Å². The van der Waals surface area contributed by atoms with E-state index in [0.717, 1.165) is 21.2 Å². The van der Waals surface area contributed by atoms with Crippen molar-refractivity contribution in [1.29, 1.82) is 0 Å². The lowest BCUT2D eigenvalue weighted by atomic mass is 10.0. The van der Waals surface area contributed by atoms with Crippen LogP contribution in [0.1, 0.15) is 9.67 Å². The fraction of sp³-hybridized carbons (Fsp3) is 0. The Morgan fingerprint density at radius 2 is 1.84 bits per heavy atom. The molecular formula is C15H9FO2S. The van der Waals surface area contributed by atoms with Gasteiger partial charge in [-0.05, 0) is 35.4 Å². The highest BCUT2D eigenvalue weighted by Gasteiger charge is 2.11. The zero-order valence-electron chi connectivity index (χ0n) is 9.76. The Hall–Kier alpha value is -2.20. The second-order valence-corrected chi connectivity index (χ2v) is 5.22. The lowest BCUT2D eigenvalue weighted by Gasteiger charge is -2.03. The first-order valence-electron chi connectivity index (χ1n) is 5.67. The first-order valence-corrected chi connectivity index (χ1v) is 6.48. The summed E-state index contributed by atoms with van der Waals surface area (Å²) in [5, 5.41) is 9.93. The van der Waals surface area contributed by atoms with Gasteiger partial charge in [0.05, 0.1) is 0 Å². The molecule has 2 nitrogen and oxygen atoms in total. The molecular weight excluding hydrogens is 263 g/mol. The molecule has 0 amide bonds. The average Bonchev–Trinajstić information content (AvgIpc) is 2.83. The Labute approximate surface area is 112 Å².